The van der Waals surface area contributed by atoms with E-state index in [2.05, 4.69) is 40.8 Å². The van der Waals surface area contributed by atoms with E-state index in [-0.39, 0.29) is 28.4 Å². The molecule has 10 heteroatoms. The number of hydrogen-bond acceptors (Lipinski definition) is 6. The van der Waals surface area contributed by atoms with Crippen molar-refractivity contribution in [3.8, 4) is 25.7 Å². The third kappa shape index (κ3) is 7.39. The molecule has 0 saturated carbocycles. The van der Waals surface area contributed by atoms with Crippen molar-refractivity contribution in [1.29, 1.82) is 0 Å². The van der Waals surface area contributed by atoms with Crippen molar-refractivity contribution in [1.82, 2.24) is 24.5 Å². The first kappa shape index (κ1) is 28.3. The Morgan fingerprint density at radius 2 is 1.82 bits per heavy atom. The fourth-order valence-electron chi connectivity index (χ4n) is 3.17. The van der Waals surface area contributed by atoms with Crippen LogP contribution in [0.3, 0.4) is 0 Å². The normalized spacial score (nSPS) is 10.8. The largest absolute Gasteiger partial charge is 0.390 e. The Labute approximate surface area is 198 Å². The summed E-state index contributed by atoms with van der Waals surface area (Å²) < 4.78 is 28.9. The monoisotopic (exact) mass is 472 g/mol. The number of aryl methyl sites for hydroxylation is 1. The van der Waals surface area contributed by atoms with E-state index in [9.17, 15) is 18.7 Å². The number of unbranched alkanes of at least 4 members (excludes halogenated alkanes) is 1. The van der Waals surface area contributed by atoms with Gasteiger partial charge in [-0.2, -0.15) is 4.52 Å². The highest BCUT2D eigenvalue weighted by Gasteiger charge is 2.18. The average molecular weight is 473 g/mol. The molecule has 182 valence electrons. The number of anilines is 1. The first-order valence-corrected chi connectivity index (χ1v) is 10.5. The molecule has 3 aromatic rings. The highest BCUT2D eigenvalue weighted by Crippen LogP contribution is 2.23. The Morgan fingerprint density at radius 3 is 2.44 bits per heavy atom. The van der Waals surface area contributed by atoms with Crippen molar-refractivity contribution in [2.75, 3.05) is 19.3 Å². The summed E-state index contributed by atoms with van der Waals surface area (Å²) in [4.78, 5) is 22.1. The van der Waals surface area contributed by atoms with Crippen molar-refractivity contribution in [3.05, 3.63) is 29.6 Å². The molecule has 0 unspecified atom stereocenters. The smallest absolute Gasteiger partial charge is 0.223 e. The van der Waals surface area contributed by atoms with E-state index in [0.29, 0.717) is 38.1 Å². The molecule has 0 atom stereocenters. The zero-order chi connectivity index (χ0) is 26.1. The summed E-state index contributed by atoms with van der Waals surface area (Å²) in [5.74, 6) is -1.09. The summed E-state index contributed by atoms with van der Waals surface area (Å²) in [7, 11) is 1.73. The maximum atomic E-state index is 14.0. The number of hydrogen-bond donors (Lipinski definition) is 2. The third-order valence-corrected chi connectivity index (χ3v) is 4.88. The summed E-state index contributed by atoms with van der Waals surface area (Å²) in [5, 5.41) is 14.2. The van der Waals surface area contributed by atoms with Crippen LogP contribution in [0.2, 0.25) is 0 Å². The van der Waals surface area contributed by atoms with Crippen LogP contribution in [0.15, 0.2) is 12.1 Å². The number of carbonyl (C=O) groups excluding carboxylic acids is 1. The summed E-state index contributed by atoms with van der Waals surface area (Å²) in [6, 6.07) is 1.91. The van der Waals surface area contributed by atoms with E-state index in [0.717, 1.165) is 18.6 Å². The second-order valence-electron chi connectivity index (χ2n) is 8.10. The molecule has 3 N–H and O–H groups in total. The van der Waals surface area contributed by atoms with Gasteiger partial charge in [-0.05, 0) is 39.2 Å². The number of rotatable bonds is 8. The van der Waals surface area contributed by atoms with Crippen LogP contribution in [-0.2, 0) is 11.2 Å². The van der Waals surface area contributed by atoms with Gasteiger partial charge in [-0.1, -0.05) is 0 Å². The van der Waals surface area contributed by atoms with Crippen LogP contribution in [0.25, 0.3) is 16.6 Å². The molecule has 2 aromatic heterocycles. The van der Waals surface area contributed by atoms with E-state index in [1.165, 1.54) is 4.52 Å². The number of amides is 1. The average Bonchev–Trinajstić information content (AvgIpc) is 3.23. The molecule has 0 radical (unpaired) electrons. The van der Waals surface area contributed by atoms with Gasteiger partial charge in [0.2, 0.25) is 11.9 Å². The van der Waals surface area contributed by atoms with Crippen LogP contribution in [0, 0.1) is 37.3 Å². The van der Waals surface area contributed by atoms with Crippen LogP contribution in [0.4, 0.5) is 14.7 Å². The standard InChI is InChI=1S/C20H26F2N6O2.2C2H2/c1-20(2,30)8-7-16(29)27(3)9-5-4-6-15-24-18-13-10-12(21)11-14(22)17(13)25-19(23)28(18)26-15;2*1-2/h10-11,30H,4-9H2,1-3H3,(H2,23,25);2*1-2H. The lowest BCUT2D eigenvalue weighted by molar-refractivity contribution is -0.131. The quantitative estimate of drug-likeness (QED) is 0.385. The van der Waals surface area contributed by atoms with Gasteiger partial charge in [0.05, 0.1) is 11.0 Å². The first-order chi connectivity index (χ1) is 16.0. The topological polar surface area (TPSA) is 110 Å². The Morgan fingerprint density at radius 1 is 1.18 bits per heavy atom. The second-order valence-corrected chi connectivity index (χ2v) is 8.10. The van der Waals surface area contributed by atoms with Gasteiger partial charge in [0.15, 0.2) is 17.3 Å². The van der Waals surface area contributed by atoms with Crippen molar-refractivity contribution in [3.63, 3.8) is 0 Å². The van der Waals surface area contributed by atoms with Gasteiger partial charge in [0, 0.05) is 32.5 Å². The molecular weight excluding hydrogens is 442 g/mol. The van der Waals surface area contributed by atoms with Gasteiger partial charge < -0.3 is 15.7 Å². The Bertz CT molecular complexity index is 1160. The molecule has 0 aliphatic carbocycles. The number of aliphatic hydroxyl groups is 1. The lowest BCUT2D eigenvalue weighted by Crippen LogP contribution is -2.30. The second kappa shape index (κ2) is 12.5. The zero-order valence-electron chi connectivity index (χ0n) is 19.6. The maximum Gasteiger partial charge on any atom is 0.223 e. The summed E-state index contributed by atoms with van der Waals surface area (Å²) >= 11 is 0. The van der Waals surface area contributed by atoms with Crippen LogP contribution in [0.5, 0.6) is 0 Å². The number of terminal acetylenes is 2. The summed E-state index contributed by atoms with van der Waals surface area (Å²) in [6.07, 6.45) is 18.7. The maximum absolute atomic E-state index is 14.0. The van der Waals surface area contributed by atoms with E-state index in [4.69, 9.17) is 5.73 Å². The fourth-order valence-corrected chi connectivity index (χ4v) is 3.17. The van der Waals surface area contributed by atoms with Gasteiger partial charge >= 0.3 is 0 Å². The van der Waals surface area contributed by atoms with Crippen LogP contribution in [-0.4, -0.2) is 54.7 Å². The van der Waals surface area contributed by atoms with Crippen LogP contribution < -0.4 is 5.73 Å². The zero-order valence-corrected chi connectivity index (χ0v) is 19.6. The molecule has 0 fully saturated rings. The molecule has 0 aliphatic rings. The predicted molar refractivity (Wildman–Crippen MR) is 129 cm³/mol. The SMILES string of the molecule is C#C.C#C.CN(CCCCc1nc2c3cc(F)cc(F)c3nc(N)n2n1)C(=O)CCC(C)(C)O. The fraction of sp³-hybridized carbons (Fsp3) is 0.417. The molecule has 0 saturated heterocycles. The highest BCUT2D eigenvalue weighted by molar-refractivity contribution is 5.92. The highest BCUT2D eigenvalue weighted by atomic mass is 19.1. The molecular formula is C24H30F2N6O2. The number of carbonyl (C=O) groups is 1. The van der Waals surface area contributed by atoms with E-state index < -0.39 is 17.2 Å². The van der Waals surface area contributed by atoms with E-state index in [1.54, 1.807) is 25.8 Å². The number of nitrogens with two attached hydrogens (primary N) is 1. The molecule has 0 bridgehead atoms. The van der Waals surface area contributed by atoms with Gasteiger partial charge in [-0.25, -0.2) is 18.7 Å². The van der Waals surface area contributed by atoms with Gasteiger partial charge in [0.1, 0.15) is 11.3 Å². The Kier molecular flexibility index (Phi) is 10.4. The van der Waals surface area contributed by atoms with Crippen LogP contribution in [0.1, 0.15) is 45.4 Å². The molecule has 2 heterocycles. The van der Waals surface area contributed by atoms with E-state index >= 15 is 0 Å². The number of fused-ring (bicyclic) bond motifs is 3. The molecule has 3 rings (SSSR count). The Hall–Kier alpha value is -3.76. The first-order valence-electron chi connectivity index (χ1n) is 10.5. The summed E-state index contributed by atoms with van der Waals surface area (Å²) in [6.45, 7) is 3.92. The Balaban J connectivity index is 0.00000137. The molecule has 1 amide bonds. The minimum absolute atomic E-state index is 0.0163. The number of halogens is 2. The van der Waals surface area contributed by atoms with Gasteiger partial charge in [0.25, 0.3) is 0 Å². The molecule has 0 spiro atoms. The number of nitrogens with zero attached hydrogens (tertiary/aromatic N) is 5. The van der Waals surface area contributed by atoms with Gasteiger partial charge in [-0.3, -0.25) is 4.79 Å². The van der Waals surface area contributed by atoms with Crippen molar-refractivity contribution in [2.45, 2.75) is 51.6 Å². The van der Waals surface area contributed by atoms with Crippen molar-refractivity contribution >= 4 is 28.4 Å². The molecule has 1 aromatic carbocycles. The van der Waals surface area contributed by atoms with Crippen LogP contribution >= 0.6 is 0 Å². The lowest BCUT2D eigenvalue weighted by Gasteiger charge is -2.20. The number of aromatic nitrogens is 4. The van der Waals surface area contributed by atoms with Crippen molar-refractivity contribution < 1.29 is 18.7 Å². The molecule has 8 nitrogen and oxygen atoms in total. The third-order valence-electron chi connectivity index (χ3n) is 4.88. The van der Waals surface area contributed by atoms with E-state index in [1.807, 2.05) is 0 Å². The van der Waals surface area contributed by atoms with Gasteiger partial charge in [-0.15, -0.1) is 30.8 Å². The minimum Gasteiger partial charge on any atom is -0.390 e. The minimum atomic E-state index is -0.863. The lowest BCUT2D eigenvalue weighted by atomic mass is 10.0. The van der Waals surface area contributed by atoms with Crippen molar-refractivity contribution in [2.24, 2.45) is 0 Å². The number of nitrogen functional groups attached to an aromatic ring is 1. The molecule has 0 aliphatic heterocycles. The molecule has 34 heavy (non-hydrogen) atoms. The summed E-state index contributed by atoms with van der Waals surface area (Å²) in [5.41, 5.74) is 5.20. The predicted octanol–water partition coefficient (Wildman–Crippen LogP) is 2.97. The number of benzene rings is 1.